The maximum atomic E-state index is 12.4. The number of amides is 4. The van der Waals surface area contributed by atoms with E-state index < -0.39 is 23.0 Å². The maximum absolute atomic E-state index is 12.4. The highest BCUT2D eigenvalue weighted by molar-refractivity contribution is 5.97. The van der Waals surface area contributed by atoms with Gasteiger partial charge in [-0.25, -0.2) is 19.4 Å². The minimum Gasteiger partial charge on any atom is -0.444 e. The predicted molar refractivity (Wildman–Crippen MR) is 152 cm³/mol. The van der Waals surface area contributed by atoms with Crippen LogP contribution < -0.4 is 4.74 Å². The average molecular weight is 547 g/mol. The molecule has 0 N–H and O–H groups in total. The molecule has 0 saturated carbocycles. The van der Waals surface area contributed by atoms with Crippen molar-refractivity contribution < 1.29 is 28.7 Å². The van der Waals surface area contributed by atoms with Crippen LogP contribution in [-0.2, 0) is 20.9 Å². The van der Waals surface area contributed by atoms with Crippen LogP contribution in [0.5, 0.6) is 5.75 Å². The van der Waals surface area contributed by atoms with Crippen LogP contribution in [0.3, 0.4) is 0 Å². The Bertz CT molecular complexity index is 1210. The van der Waals surface area contributed by atoms with Gasteiger partial charge in [0.1, 0.15) is 12.4 Å². The number of para-hydroxylation sites is 1. The number of carbonyl (C=O) groups is 4. The van der Waals surface area contributed by atoms with Crippen LogP contribution in [0.1, 0.15) is 51.5 Å². The first-order chi connectivity index (χ1) is 19.1. The molecule has 8 heteroatoms. The van der Waals surface area contributed by atoms with Crippen molar-refractivity contribution in [2.45, 2.75) is 52.6 Å². The third-order valence-corrected chi connectivity index (χ3v) is 7.30. The van der Waals surface area contributed by atoms with E-state index >= 15 is 0 Å². The molecule has 2 fully saturated rings. The largest absolute Gasteiger partial charge is 0.444 e. The lowest BCUT2D eigenvalue weighted by molar-refractivity contribution is -0.142. The van der Waals surface area contributed by atoms with Gasteiger partial charge in [0, 0.05) is 13.1 Å². The number of likely N-dealkylation sites (tertiary alicyclic amines) is 2. The molecule has 2 aromatic carbocycles. The Morgan fingerprint density at radius 1 is 0.800 bits per heavy atom. The SMILES string of the molecule is C=CC[C@]1(C)CCCN(C(=O)Oc2ccccc2)C1=O.C=CC[C@]1(C)CCN(C(=O)OCc2ccccc2)C1=O. The Morgan fingerprint density at radius 3 is 1.90 bits per heavy atom. The molecule has 0 spiro atoms. The fraction of sp³-hybridized carbons (Fsp3) is 0.375. The molecule has 2 saturated heterocycles. The van der Waals surface area contributed by atoms with E-state index in [4.69, 9.17) is 9.47 Å². The number of ether oxygens (including phenoxy) is 2. The number of nitrogens with zero attached hydrogens (tertiary/aromatic N) is 2. The number of hydrogen-bond donors (Lipinski definition) is 0. The van der Waals surface area contributed by atoms with Crippen molar-refractivity contribution in [1.29, 1.82) is 0 Å². The second kappa shape index (κ2) is 13.7. The molecule has 2 heterocycles. The van der Waals surface area contributed by atoms with Crippen molar-refractivity contribution in [1.82, 2.24) is 9.80 Å². The van der Waals surface area contributed by atoms with Gasteiger partial charge in [-0.05, 0) is 49.8 Å². The van der Waals surface area contributed by atoms with Gasteiger partial charge in [0.25, 0.3) is 0 Å². The zero-order valence-electron chi connectivity index (χ0n) is 23.3. The summed E-state index contributed by atoms with van der Waals surface area (Å²) in [6.07, 6.45) is 5.64. The number of hydrogen-bond acceptors (Lipinski definition) is 6. The van der Waals surface area contributed by atoms with Crippen molar-refractivity contribution in [3.05, 3.63) is 91.5 Å². The number of imide groups is 2. The smallest absolute Gasteiger partial charge is 0.421 e. The summed E-state index contributed by atoms with van der Waals surface area (Å²) in [5.74, 6) is 0.0985. The summed E-state index contributed by atoms with van der Waals surface area (Å²) >= 11 is 0. The summed E-state index contributed by atoms with van der Waals surface area (Å²) in [5.41, 5.74) is -0.162. The van der Waals surface area contributed by atoms with E-state index in [9.17, 15) is 19.2 Å². The molecule has 4 rings (SSSR count). The standard InChI is InChI=1S/2C16H19NO3/c1-3-10-16(2)11-7-12-17(14(16)18)15(19)20-13-8-5-4-6-9-13;1-3-9-16(2)10-11-17(14(16)18)15(19)20-12-13-7-5-4-6-8-13/h3-6,8-9H,1,7,10-12H2,2H3;3-8H,1,9-12H2,2H3/t2*16-/m11/s1. The first-order valence-electron chi connectivity index (χ1n) is 13.5. The Labute approximate surface area is 236 Å². The Balaban J connectivity index is 0.000000220. The number of benzene rings is 2. The molecule has 0 aliphatic carbocycles. The highest BCUT2D eigenvalue weighted by atomic mass is 16.6. The van der Waals surface area contributed by atoms with Crippen LogP contribution >= 0.6 is 0 Å². The lowest BCUT2D eigenvalue weighted by atomic mass is 9.78. The van der Waals surface area contributed by atoms with Gasteiger partial charge in [0.2, 0.25) is 11.8 Å². The molecule has 2 aliphatic rings. The van der Waals surface area contributed by atoms with Gasteiger partial charge in [-0.1, -0.05) is 74.5 Å². The highest BCUT2D eigenvalue weighted by Gasteiger charge is 2.45. The van der Waals surface area contributed by atoms with Crippen molar-refractivity contribution in [2.24, 2.45) is 10.8 Å². The minimum atomic E-state index is -0.601. The number of rotatable bonds is 7. The summed E-state index contributed by atoms with van der Waals surface area (Å²) in [5, 5.41) is 0. The normalized spacial score (nSPS) is 22.1. The molecule has 0 aromatic heterocycles. The number of carbonyl (C=O) groups excluding carboxylic acids is 4. The van der Waals surface area contributed by atoms with Crippen LogP contribution in [0.4, 0.5) is 9.59 Å². The predicted octanol–water partition coefficient (Wildman–Crippen LogP) is 6.53. The van der Waals surface area contributed by atoms with Crippen molar-refractivity contribution >= 4 is 24.0 Å². The van der Waals surface area contributed by atoms with E-state index in [0.717, 1.165) is 18.4 Å². The van der Waals surface area contributed by atoms with E-state index in [1.54, 1.807) is 36.4 Å². The van der Waals surface area contributed by atoms with Crippen molar-refractivity contribution in [2.75, 3.05) is 13.1 Å². The zero-order valence-corrected chi connectivity index (χ0v) is 23.3. The molecule has 2 atom stereocenters. The van der Waals surface area contributed by atoms with Gasteiger partial charge in [-0.2, -0.15) is 0 Å². The number of allylic oxidation sites excluding steroid dienone is 2. The summed E-state index contributed by atoms with van der Waals surface area (Å²) in [7, 11) is 0. The molecule has 2 aromatic rings. The molecule has 0 radical (unpaired) electrons. The van der Waals surface area contributed by atoms with Gasteiger partial charge in [0.05, 0.1) is 10.8 Å². The first kappa shape index (κ1) is 30.3. The van der Waals surface area contributed by atoms with E-state index in [1.165, 1.54) is 9.80 Å². The molecular weight excluding hydrogens is 508 g/mol. The lowest BCUT2D eigenvalue weighted by Gasteiger charge is -2.37. The van der Waals surface area contributed by atoms with Crippen LogP contribution in [0.15, 0.2) is 86.0 Å². The molecule has 0 bridgehead atoms. The third kappa shape index (κ3) is 7.46. The number of piperidine rings is 1. The molecule has 40 heavy (non-hydrogen) atoms. The Morgan fingerprint density at radius 2 is 1.32 bits per heavy atom. The van der Waals surface area contributed by atoms with E-state index in [-0.39, 0.29) is 18.4 Å². The van der Waals surface area contributed by atoms with Crippen LogP contribution in [0.25, 0.3) is 0 Å². The van der Waals surface area contributed by atoms with Crippen LogP contribution in [-0.4, -0.2) is 46.9 Å². The van der Waals surface area contributed by atoms with Gasteiger partial charge < -0.3 is 9.47 Å². The first-order valence-corrected chi connectivity index (χ1v) is 13.5. The van der Waals surface area contributed by atoms with Crippen LogP contribution in [0.2, 0.25) is 0 Å². The van der Waals surface area contributed by atoms with Gasteiger partial charge >= 0.3 is 12.2 Å². The molecule has 8 nitrogen and oxygen atoms in total. The molecule has 2 aliphatic heterocycles. The van der Waals surface area contributed by atoms with Crippen LogP contribution in [0, 0.1) is 10.8 Å². The van der Waals surface area contributed by atoms with Gasteiger partial charge in [0.15, 0.2) is 0 Å². The van der Waals surface area contributed by atoms with Crippen molar-refractivity contribution in [3.63, 3.8) is 0 Å². The Kier molecular flexibility index (Phi) is 10.4. The lowest BCUT2D eigenvalue weighted by Crippen LogP contribution is -2.50. The molecule has 0 unspecified atom stereocenters. The fourth-order valence-corrected chi connectivity index (χ4v) is 4.86. The fourth-order valence-electron chi connectivity index (χ4n) is 4.86. The van der Waals surface area contributed by atoms with Gasteiger partial charge in [-0.15, -0.1) is 13.2 Å². The highest BCUT2D eigenvalue weighted by Crippen LogP contribution is 2.36. The average Bonchev–Trinajstić information content (AvgIpc) is 3.24. The second-order valence-corrected chi connectivity index (χ2v) is 10.6. The molecule has 212 valence electrons. The monoisotopic (exact) mass is 546 g/mol. The second-order valence-electron chi connectivity index (χ2n) is 10.6. The molecule has 4 amide bonds. The summed E-state index contributed by atoms with van der Waals surface area (Å²) in [6.45, 7) is 12.1. The summed E-state index contributed by atoms with van der Waals surface area (Å²) < 4.78 is 10.4. The van der Waals surface area contributed by atoms with E-state index in [0.29, 0.717) is 38.1 Å². The Hall–Kier alpha value is -4.20. The third-order valence-electron chi connectivity index (χ3n) is 7.30. The maximum Gasteiger partial charge on any atom is 0.421 e. The zero-order chi connectivity index (χ0) is 29.2. The van der Waals surface area contributed by atoms with E-state index in [1.807, 2.05) is 50.2 Å². The summed E-state index contributed by atoms with van der Waals surface area (Å²) in [6, 6.07) is 18.2. The van der Waals surface area contributed by atoms with Crippen molar-refractivity contribution in [3.8, 4) is 5.75 Å². The minimum absolute atomic E-state index is 0.171. The summed E-state index contributed by atoms with van der Waals surface area (Å²) in [4.78, 5) is 51.2. The quantitative estimate of drug-likeness (QED) is 0.367. The van der Waals surface area contributed by atoms with Gasteiger partial charge in [-0.3, -0.25) is 9.59 Å². The molecular formula is C32H38N2O6. The van der Waals surface area contributed by atoms with E-state index in [2.05, 4.69) is 13.2 Å². The topological polar surface area (TPSA) is 93.2 Å².